The number of carbonyl (C=O) groups is 1. The van der Waals surface area contributed by atoms with Gasteiger partial charge in [0.1, 0.15) is 18.6 Å². The van der Waals surface area contributed by atoms with Gasteiger partial charge in [-0.25, -0.2) is 0 Å². The van der Waals surface area contributed by atoms with Gasteiger partial charge in [0, 0.05) is 12.8 Å². The lowest BCUT2D eigenvalue weighted by molar-refractivity contribution is -0.960. The summed E-state index contributed by atoms with van der Waals surface area (Å²) in [6.07, 6.45) is 6.36. The highest BCUT2D eigenvalue weighted by Gasteiger charge is 2.42. The van der Waals surface area contributed by atoms with Crippen molar-refractivity contribution in [3.63, 3.8) is 0 Å². The second kappa shape index (κ2) is 10.3. The molecule has 1 saturated carbocycles. The van der Waals surface area contributed by atoms with Crippen LogP contribution in [0.25, 0.3) is 0 Å². The van der Waals surface area contributed by atoms with E-state index in [2.05, 4.69) is 16.3 Å². The van der Waals surface area contributed by atoms with Gasteiger partial charge in [-0.1, -0.05) is 30.2 Å². The summed E-state index contributed by atoms with van der Waals surface area (Å²) < 4.78 is 5.59. The quantitative estimate of drug-likeness (QED) is 0.578. The molecule has 4 rings (SSSR count). The van der Waals surface area contributed by atoms with E-state index >= 15 is 0 Å². The Kier molecular flexibility index (Phi) is 7.52. The molecule has 2 heterocycles. The Morgan fingerprint density at radius 3 is 2.47 bits per heavy atom. The zero-order valence-electron chi connectivity index (χ0n) is 18.1. The predicted octanol–water partition coefficient (Wildman–Crippen LogP) is -0.221. The molecule has 0 atom stereocenters. The van der Waals surface area contributed by atoms with Crippen molar-refractivity contribution in [3.05, 3.63) is 29.3 Å². The number of quaternary nitrogens is 2. The molecule has 3 fully saturated rings. The van der Waals surface area contributed by atoms with Gasteiger partial charge in [-0.3, -0.25) is 4.79 Å². The Labute approximate surface area is 185 Å². The monoisotopic (exact) mass is 436 g/mol. The molecule has 1 aromatic carbocycles. The SMILES string of the molecule is O=C(C[NH+]1CCN(c2ccccc2Cl)CC1)NCC1([NH+]2CCOCC2)CCCCC1. The molecule has 0 radical (unpaired) electrons. The summed E-state index contributed by atoms with van der Waals surface area (Å²) in [4.78, 5) is 18.1. The first-order valence-electron chi connectivity index (χ1n) is 11.7. The van der Waals surface area contributed by atoms with Crippen molar-refractivity contribution in [1.29, 1.82) is 0 Å². The van der Waals surface area contributed by atoms with E-state index in [9.17, 15) is 4.79 Å². The van der Waals surface area contributed by atoms with Gasteiger partial charge in [0.25, 0.3) is 5.91 Å². The lowest BCUT2D eigenvalue weighted by atomic mass is 9.79. The second-order valence-corrected chi connectivity index (χ2v) is 9.61. The Morgan fingerprint density at radius 2 is 1.77 bits per heavy atom. The summed E-state index contributed by atoms with van der Waals surface area (Å²) in [5, 5.41) is 4.14. The van der Waals surface area contributed by atoms with Crippen molar-refractivity contribution in [2.75, 3.05) is 70.5 Å². The van der Waals surface area contributed by atoms with Crippen LogP contribution in [0.2, 0.25) is 5.02 Å². The van der Waals surface area contributed by atoms with Gasteiger partial charge < -0.3 is 24.8 Å². The summed E-state index contributed by atoms with van der Waals surface area (Å²) in [5.74, 6) is 0.203. The van der Waals surface area contributed by atoms with Crippen LogP contribution in [-0.2, 0) is 9.53 Å². The third kappa shape index (κ3) is 5.28. The third-order valence-corrected chi connectivity index (χ3v) is 7.67. The minimum atomic E-state index is 0.203. The summed E-state index contributed by atoms with van der Waals surface area (Å²) in [5.41, 5.74) is 1.32. The summed E-state index contributed by atoms with van der Waals surface area (Å²) in [6.45, 7) is 9.07. The zero-order chi connectivity index (χ0) is 20.8. The molecule has 166 valence electrons. The van der Waals surface area contributed by atoms with Crippen LogP contribution in [0, 0.1) is 0 Å². The standard InChI is InChI=1S/C23H35ClN4O2/c24-20-6-2-3-7-21(20)27-12-10-26(11-13-27)18-22(29)25-19-23(8-4-1-5-9-23)28-14-16-30-17-15-28/h2-3,6-7H,1,4-5,8-19H2,(H,25,29)/p+2. The van der Waals surface area contributed by atoms with E-state index in [1.807, 2.05) is 18.2 Å². The van der Waals surface area contributed by atoms with Crippen LogP contribution >= 0.6 is 11.6 Å². The van der Waals surface area contributed by atoms with Gasteiger partial charge in [0.05, 0.1) is 56.6 Å². The second-order valence-electron chi connectivity index (χ2n) is 9.20. The van der Waals surface area contributed by atoms with Crippen LogP contribution in [-0.4, -0.2) is 77.0 Å². The molecule has 6 nitrogen and oxygen atoms in total. The Hall–Kier alpha value is -1.34. The fourth-order valence-electron chi connectivity index (χ4n) is 5.54. The number of para-hydroxylation sites is 1. The minimum Gasteiger partial charge on any atom is -0.370 e. The molecule has 2 saturated heterocycles. The van der Waals surface area contributed by atoms with E-state index in [1.165, 1.54) is 37.0 Å². The first-order valence-corrected chi connectivity index (χ1v) is 12.1. The normalized spacial score (nSPS) is 23.3. The van der Waals surface area contributed by atoms with Gasteiger partial charge in [0.2, 0.25) is 0 Å². The molecule has 0 spiro atoms. The largest absolute Gasteiger partial charge is 0.370 e. The van der Waals surface area contributed by atoms with Crippen LogP contribution in [0.5, 0.6) is 0 Å². The van der Waals surface area contributed by atoms with E-state index < -0.39 is 0 Å². The summed E-state index contributed by atoms with van der Waals surface area (Å²) >= 11 is 6.35. The number of amides is 1. The van der Waals surface area contributed by atoms with Crippen molar-refractivity contribution in [1.82, 2.24) is 5.32 Å². The van der Waals surface area contributed by atoms with E-state index in [-0.39, 0.29) is 11.4 Å². The molecule has 0 unspecified atom stereocenters. The van der Waals surface area contributed by atoms with Crippen LogP contribution in [0.15, 0.2) is 24.3 Å². The van der Waals surface area contributed by atoms with E-state index in [0.717, 1.165) is 69.7 Å². The van der Waals surface area contributed by atoms with Gasteiger partial charge in [-0.15, -0.1) is 0 Å². The number of rotatable bonds is 6. The number of ether oxygens (including phenoxy) is 1. The molecule has 3 aliphatic rings. The maximum absolute atomic E-state index is 12.8. The van der Waals surface area contributed by atoms with E-state index in [1.54, 1.807) is 4.90 Å². The van der Waals surface area contributed by atoms with Crippen molar-refractivity contribution in [3.8, 4) is 0 Å². The van der Waals surface area contributed by atoms with Crippen LogP contribution in [0.1, 0.15) is 32.1 Å². The Balaban J connectivity index is 1.26. The fourth-order valence-corrected chi connectivity index (χ4v) is 5.79. The lowest BCUT2D eigenvalue weighted by Gasteiger charge is -2.45. The Bertz CT molecular complexity index is 696. The van der Waals surface area contributed by atoms with Gasteiger partial charge in [-0.05, 0) is 25.0 Å². The maximum Gasteiger partial charge on any atom is 0.275 e. The molecule has 0 aromatic heterocycles. The average Bonchev–Trinajstić information content (AvgIpc) is 2.80. The molecular formula is C23H37ClN4O2+2. The number of morpholine rings is 1. The van der Waals surface area contributed by atoms with Gasteiger partial charge >= 0.3 is 0 Å². The highest BCUT2D eigenvalue weighted by molar-refractivity contribution is 6.33. The fraction of sp³-hybridized carbons (Fsp3) is 0.696. The molecule has 2 aliphatic heterocycles. The molecule has 1 aliphatic carbocycles. The zero-order valence-corrected chi connectivity index (χ0v) is 18.8. The summed E-state index contributed by atoms with van der Waals surface area (Å²) in [7, 11) is 0. The molecule has 0 bridgehead atoms. The molecule has 7 heteroatoms. The van der Waals surface area contributed by atoms with Gasteiger partial charge in [-0.2, -0.15) is 0 Å². The number of anilines is 1. The van der Waals surface area contributed by atoms with Crippen LogP contribution < -0.4 is 20.0 Å². The van der Waals surface area contributed by atoms with E-state index in [0.29, 0.717) is 6.54 Å². The van der Waals surface area contributed by atoms with Crippen molar-refractivity contribution in [2.24, 2.45) is 0 Å². The summed E-state index contributed by atoms with van der Waals surface area (Å²) in [6, 6.07) is 8.03. The number of piperazine rings is 1. The molecule has 1 aromatic rings. The first-order chi connectivity index (χ1) is 14.7. The van der Waals surface area contributed by atoms with Crippen LogP contribution in [0.4, 0.5) is 5.69 Å². The number of halogens is 1. The maximum atomic E-state index is 12.8. The topological polar surface area (TPSA) is 50.5 Å². The molecular weight excluding hydrogens is 400 g/mol. The number of benzene rings is 1. The first kappa shape index (κ1) is 21.9. The minimum absolute atomic E-state index is 0.203. The Morgan fingerprint density at radius 1 is 1.07 bits per heavy atom. The third-order valence-electron chi connectivity index (χ3n) is 7.36. The molecule has 1 amide bonds. The van der Waals surface area contributed by atoms with Crippen LogP contribution in [0.3, 0.4) is 0 Å². The smallest absolute Gasteiger partial charge is 0.275 e. The number of carbonyl (C=O) groups excluding carboxylic acids is 1. The number of hydrogen-bond donors (Lipinski definition) is 3. The highest BCUT2D eigenvalue weighted by Crippen LogP contribution is 2.26. The average molecular weight is 437 g/mol. The van der Waals surface area contributed by atoms with E-state index in [4.69, 9.17) is 16.3 Å². The lowest BCUT2D eigenvalue weighted by Crippen LogP contribution is -3.23. The number of nitrogens with one attached hydrogen (secondary N) is 3. The van der Waals surface area contributed by atoms with Gasteiger partial charge in [0.15, 0.2) is 6.54 Å². The van der Waals surface area contributed by atoms with Crippen molar-refractivity contribution >= 4 is 23.2 Å². The van der Waals surface area contributed by atoms with Crippen molar-refractivity contribution in [2.45, 2.75) is 37.6 Å². The number of nitrogens with zero attached hydrogens (tertiary/aromatic N) is 1. The molecule has 3 N–H and O–H groups in total. The molecule has 30 heavy (non-hydrogen) atoms. The predicted molar refractivity (Wildman–Crippen MR) is 120 cm³/mol. The van der Waals surface area contributed by atoms with Crippen molar-refractivity contribution < 1.29 is 19.3 Å². The number of hydrogen-bond acceptors (Lipinski definition) is 3. The highest BCUT2D eigenvalue weighted by atomic mass is 35.5.